The van der Waals surface area contributed by atoms with Crippen LogP contribution in [0.2, 0.25) is 0 Å². The number of nitrogens with two attached hydrogens (primary N) is 1. The van der Waals surface area contributed by atoms with Gasteiger partial charge in [0.05, 0.1) is 10.6 Å². The highest BCUT2D eigenvalue weighted by molar-refractivity contribution is 9.10. The predicted octanol–water partition coefficient (Wildman–Crippen LogP) is 3.28. The number of hydrogen-bond acceptors (Lipinski definition) is 3. The number of benzene rings is 2. The number of nitrogen functional groups attached to an aromatic ring is 1. The second-order valence-corrected chi connectivity index (χ2v) is 6.71. The molecule has 2 aromatic rings. The Bertz CT molecular complexity index is 763. The summed E-state index contributed by atoms with van der Waals surface area (Å²) in [6.07, 6.45) is 0. The highest BCUT2D eigenvalue weighted by Gasteiger charge is 2.19. The van der Waals surface area contributed by atoms with Gasteiger partial charge in [-0.3, -0.25) is 4.72 Å². The zero-order chi connectivity index (χ0) is 14.9. The second kappa shape index (κ2) is 5.41. The summed E-state index contributed by atoms with van der Waals surface area (Å²) in [4.78, 5) is 0.0636. The fraction of sp³-hybridized carbons (Fsp3) is 0.0769. The first-order valence-electron chi connectivity index (χ1n) is 5.64. The van der Waals surface area contributed by atoms with Crippen LogP contribution in [-0.2, 0) is 10.0 Å². The van der Waals surface area contributed by atoms with Crippen LogP contribution in [0.3, 0.4) is 0 Å². The fourth-order valence-corrected chi connectivity index (χ4v) is 3.52. The summed E-state index contributed by atoms with van der Waals surface area (Å²) in [6, 6.07) is 8.38. The number of hydrogen-bond donors (Lipinski definition) is 2. The van der Waals surface area contributed by atoms with Gasteiger partial charge < -0.3 is 5.73 Å². The molecule has 0 aliphatic heterocycles. The van der Waals surface area contributed by atoms with E-state index in [2.05, 4.69) is 20.7 Å². The van der Waals surface area contributed by atoms with Gasteiger partial charge in [-0.2, -0.15) is 0 Å². The zero-order valence-corrected chi connectivity index (χ0v) is 12.9. The summed E-state index contributed by atoms with van der Waals surface area (Å²) in [7, 11) is -3.83. The Balaban J connectivity index is 2.46. The monoisotopic (exact) mass is 358 g/mol. The van der Waals surface area contributed by atoms with Crippen molar-refractivity contribution in [3.8, 4) is 0 Å². The highest BCUT2D eigenvalue weighted by Crippen LogP contribution is 2.28. The van der Waals surface area contributed by atoms with Crippen molar-refractivity contribution in [2.45, 2.75) is 11.8 Å². The van der Waals surface area contributed by atoms with Crippen molar-refractivity contribution in [2.75, 3.05) is 10.5 Å². The van der Waals surface area contributed by atoms with Gasteiger partial charge in [-0.1, -0.05) is 6.07 Å². The molecular weight excluding hydrogens is 347 g/mol. The SMILES string of the molecule is Cc1c(N)cccc1S(=O)(=O)Nc1cc(F)ccc1Br. The van der Waals surface area contributed by atoms with Crippen LogP contribution in [0.1, 0.15) is 5.56 Å². The van der Waals surface area contributed by atoms with Gasteiger partial charge in [0.2, 0.25) is 0 Å². The lowest BCUT2D eigenvalue weighted by Crippen LogP contribution is -2.15. The van der Waals surface area contributed by atoms with Crippen molar-refractivity contribution >= 4 is 37.3 Å². The third-order valence-electron chi connectivity index (χ3n) is 2.79. The van der Waals surface area contributed by atoms with Crippen LogP contribution in [0.15, 0.2) is 45.8 Å². The lowest BCUT2D eigenvalue weighted by Gasteiger charge is -2.12. The van der Waals surface area contributed by atoms with Crippen molar-refractivity contribution in [1.29, 1.82) is 0 Å². The van der Waals surface area contributed by atoms with E-state index < -0.39 is 15.8 Å². The smallest absolute Gasteiger partial charge is 0.262 e. The van der Waals surface area contributed by atoms with E-state index in [0.717, 1.165) is 6.07 Å². The molecule has 20 heavy (non-hydrogen) atoms. The molecule has 0 unspecified atom stereocenters. The van der Waals surface area contributed by atoms with Crippen LogP contribution in [-0.4, -0.2) is 8.42 Å². The first-order chi connectivity index (χ1) is 9.31. The van der Waals surface area contributed by atoms with E-state index in [-0.39, 0.29) is 10.6 Å². The molecular formula is C13H12BrFN2O2S. The average molecular weight is 359 g/mol. The Labute approximate surface area is 125 Å². The molecule has 0 spiro atoms. The van der Waals surface area contributed by atoms with E-state index in [1.54, 1.807) is 19.1 Å². The summed E-state index contributed by atoms with van der Waals surface area (Å²) in [5.74, 6) is -0.532. The lowest BCUT2D eigenvalue weighted by atomic mass is 10.2. The maximum Gasteiger partial charge on any atom is 0.262 e. The molecule has 0 atom stereocenters. The molecule has 3 N–H and O–H groups in total. The summed E-state index contributed by atoms with van der Waals surface area (Å²) >= 11 is 3.17. The molecule has 4 nitrogen and oxygen atoms in total. The predicted molar refractivity (Wildman–Crippen MR) is 80.5 cm³/mol. The molecule has 0 aliphatic carbocycles. The van der Waals surface area contributed by atoms with E-state index in [4.69, 9.17) is 5.73 Å². The number of rotatable bonds is 3. The highest BCUT2D eigenvalue weighted by atomic mass is 79.9. The van der Waals surface area contributed by atoms with E-state index in [9.17, 15) is 12.8 Å². The molecule has 0 radical (unpaired) electrons. The van der Waals surface area contributed by atoms with Crippen molar-refractivity contribution in [2.24, 2.45) is 0 Å². The molecule has 2 rings (SSSR count). The van der Waals surface area contributed by atoms with Crippen LogP contribution in [0.5, 0.6) is 0 Å². The van der Waals surface area contributed by atoms with Crippen LogP contribution in [0.25, 0.3) is 0 Å². The van der Waals surface area contributed by atoms with Crippen LogP contribution >= 0.6 is 15.9 Å². The Kier molecular flexibility index (Phi) is 4.01. The molecule has 0 saturated heterocycles. The minimum atomic E-state index is -3.83. The first-order valence-corrected chi connectivity index (χ1v) is 7.92. The third kappa shape index (κ3) is 2.94. The number of nitrogens with one attached hydrogen (secondary N) is 1. The largest absolute Gasteiger partial charge is 0.398 e. The third-order valence-corrected chi connectivity index (χ3v) is 4.99. The lowest BCUT2D eigenvalue weighted by molar-refractivity contribution is 0.600. The molecule has 0 fully saturated rings. The average Bonchev–Trinajstić information content (AvgIpc) is 2.36. The van der Waals surface area contributed by atoms with Gasteiger partial charge >= 0.3 is 0 Å². The minimum absolute atomic E-state index is 0.0636. The summed E-state index contributed by atoms with van der Waals surface area (Å²) in [5, 5.41) is 0. The van der Waals surface area contributed by atoms with Crippen molar-refractivity contribution < 1.29 is 12.8 Å². The quantitative estimate of drug-likeness (QED) is 0.827. The summed E-state index contributed by atoms with van der Waals surface area (Å²) in [5.41, 5.74) is 6.67. The van der Waals surface area contributed by atoms with Gasteiger partial charge in [-0.25, -0.2) is 12.8 Å². The Hall–Kier alpha value is -1.60. The number of halogens is 2. The summed E-state index contributed by atoms with van der Waals surface area (Å²) in [6.45, 7) is 1.62. The van der Waals surface area contributed by atoms with E-state index in [0.29, 0.717) is 15.7 Å². The molecule has 106 valence electrons. The van der Waals surface area contributed by atoms with Crippen molar-refractivity contribution in [1.82, 2.24) is 0 Å². The summed E-state index contributed by atoms with van der Waals surface area (Å²) < 4.78 is 40.6. The maximum atomic E-state index is 13.2. The molecule has 7 heteroatoms. The van der Waals surface area contributed by atoms with Crippen LogP contribution < -0.4 is 10.5 Å². The van der Waals surface area contributed by atoms with Gasteiger partial charge in [0.25, 0.3) is 10.0 Å². The Morgan fingerprint density at radius 2 is 1.95 bits per heavy atom. The minimum Gasteiger partial charge on any atom is -0.398 e. The normalized spacial score (nSPS) is 11.3. The van der Waals surface area contributed by atoms with Crippen molar-refractivity contribution in [3.05, 3.63) is 52.3 Å². The van der Waals surface area contributed by atoms with E-state index in [1.165, 1.54) is 18.2 Å². The van der Waals surface area contributed by atoms with Gasteiger partial charge in [0, 0.05) is 10.2 Å². The number of sulfonamides is 1. The topological polar surface area (TPSA) is 72.2 Å². The van der Waals surface area contributed by atoms with Gasteiger partial charge in [-0.15, -0.1) is 0 Å². The zero-order valence-electron chi connectivity index (χ0n) is 10.5. The number of anilines is 2. The van der Waals surface area contributed by atoms with Gasteiger partial charge in [0.15, 0.2) is 0 Å². The Morgan fingerprint density at radius 3 is 2.65 bits per heavy atom. The molecule has 0 heterocycles. The molecule has 0 aromatic heterocycles. The molecule has 0 bridgehead atoms. The second-order valence-electron chi connectivity index (χ2n) is 4.20. The van der Waals surface area contributed by atoms with Crippen molar-refractivity contribution in [3.63, 3.8) is 0 Å². The molecule has 0 aliphatic rings. The molecule has 0 amide bonds. The fourth-order valence-electron chi connectivity index (χ4n) is 1.70. The first kappa shape index (κ1) is 14.8. The van der Waals surface area contributed by atoms with Crippen LogP contribution in [0, 0.1) is 12.7 Å². The standard InChI is InChI=1S/C13H12BrFN2O2S/c1-8-11(16)3-2-4-13(8)20(18,19)17-12-7-9(15)5-6-10(12)14/h2-7,17H,16H2,1H3. The van der Waals surface area contributed by atoms with Crippen LogP contribution in [0.4, 0.5) is 15.8 Å². The van der Waals surface area contributed by atoms with E-state index in [1.807, 2.05) is 0 Å². The molecule has 2 aromatic carbocycles. The maximum absolute atomic E-state index is 13.2. The Morgan fingerprint density at radius 1 is 1.25 bits per heavy atom. The molecule has 0 saturated carbocycles. The van der Waals surface area contributed by atoms with Gasteiger partial charge in [0.1, 0.15) is 5.82 Å². The van der Waals surface area contributed by atoms with E-state index >= 15 is 0 Å². The van der Waals surface area contributed by atoms with Gasteiger partial charge in [-0.05, 0) is 58.7 Å².